The Bertz CT molecular complexity index is 1320. The summed E-state index contributed by atoms with van der Waals surface area (Å²) < 4.78 is 51.2. The second-order valence-corrected chi connectivity index (χ2v) is 9.15. The molecule has 2 amide bonds. The zero-order chi connectivity index (χ0) is 28.7. The fraction of sp³-hybridized carbons (Fsp3) is 0.333. The summed E-state index contributed by atoms with van der Waals surface area (Å²) in [6, 6.07) is 14.1. The summed E-state index contributed by atoms with van der Waals surface area (Å²) in [7, 11) is 0. The van der Waals surface area contributed by atoms with Gasteiger partial charge in [0.05, 0.1) is 12.0 Å². The van der Waals surface area contributed by atoms with Crippen LogP contribution < -0.4 is 20.7 Å². The second-order valence-electron chi connectivity index (χ2n) is 9.15. The van der Waals surface area contributed by atoms with E-state index in [-0.39, 0.29) is 25.1 Å². The number of halogens is 3. The van der Waals surface area contributed by atoms with Crippen LogP contribution in [0.5, 0.6) is 5.75 Å². The van der Waals surface area contributed by atoms with Gasteiger partial charge in [-0.05, 0) is 62.1 Å². The number of rotatable bonds is 10. The Balaban J connectivity index is 1.25. The normalized spacial score (nSPS) is 17.1. The lowest BCUT2D eigenvalue weighted by atomic mass is 9.87. The van der Waals surface area contributed by atoms with Gasteiger partial charge in [0, 0.05) is 24.3 Å². The van der Waals surface area contributed by atoms with Crippen LogP contribution in [-0.4, -0.2) is 47.1 Å². The van der Waals surface area contributed by atoms with Crippen molar-refractivity contribution in [2.24, 2.45) is 5.92 Å². The van der Waals surface area contributed by atoms with Crippen molar-refractivity contribution in [3.63, 3.8) is 0 Å². The van der Waals surface area contributed by atoms with Crippen LogP contribution in [0.1, 0.15) is 52.3 Å². The molecule has 212 valence electrons. The van der Waals surface area contributed by atoms with Gasteiger partial charge in [-0.15, -0.1) is 0 Å². The molecule has 3 aromatic rings. The number of carbonyl (C=O) groups excluding carboxylic acids is 2. The Morgan fingerprint density at radius 2 is 1.55 bits per heavy atom. The van der Waals surface area contributed by atoms with E-state index in [0.717, 1.165) is 0 Å². The Kier molecular flexibility index (Phi) is 8.92. The molecule has 40 heavy (non-hydrogen) atoms. The van der Waals surface area contributed by atoms with E-state index in [4.69, 9.17) is 14.3 Å². The molecule has 0 saturated heterocycles. The highest BCUT2D eigenvalue weighted by molar-refractivity contribution is 5.94. The van der Waals surface area contributed by atoms with Gasteiger partial charge >= 0.3 is 12.1 Å². The molecular formula is C27H27F3N4O6. The third-order valence-corrected chi connectivity index (χ3v) is 6.27. The van der Waals surface area contributed by atoms with Crippen molar-refractivity contribution < 1.29 is 41.8 Å². The predicted molar refractivity (Wildman–Crippen MR) is 136 cm³/mol. The summed E-state index contributed by atoms with van der Waals surface area (Å²) in [6.45, 7) is -0.218. The lowest BCUT2D eigenvalue weighted by molar-refractivity contribution is -0.143. The summed E-state index contributed by atoms with van der Waals surface area (Å²) in [4.78, 5) is 39.3. The number of aliphatic carboxylic acids is 1. The molecule has 10 nitrogen and oxygen atoms in total. The molecule has 1 aliphatic rings. The molecule has 4 N–H and O–H groups in total. The number of amides is 2. The minimum absolute atomic E-state index is 0.0553. The molecule has 0 bridgehead atoms. The lowest BCUT2D eigenvalue weighted by Gasteiger charge is -2.26. The van der Waals surface area contributed by atoms with Crippen molar-refractivity contribution in [2.45, 2.75) is 38.0 Å². The van der Waals surface area contributed by atoms with E-state index in [0.29, 0.717) is 42.7 Å². The summed E-state index contributed by atoms with van der Waals surface area (Å²) >= 11 is 0. The van der Waals surface area contributed by atoms with Crippen LogP contribution in [0.4, 0.5) is 24.9 Å². The first-order chi connectivity index (χ1) is 19.1. The second kappa shape index (κ2) is 12.5. The van der Waals surface area contributed by atoms with Gasteiger partial charge in [-0.1, -0.05) is 18.2 Å². The Morgan fingerprint density at radius 3 is 2.15 bits per heavy atom. The number of hydrogen-bond donors (Lipinski definition) is 4. The number of hydrogen-bond acceptors (Lipinski definition) is 7. The number of carboxylic acids is 1. The largest absolute Gasteiger partial charge is 0.490 e. The Hall–Kier alpha value is -4.55. The van der Waals surface area contributed by atoms with E-state index in [1.807, 2.05) is 0 Å². The van der Waals surface area contributed by atoms with Gasteiger partial charge in [0.25, 0.3) is 17.8 Å². The van der Waals surface area contributed by atoms with Crippen molar-refractivity contribution in [3.8, 4) is 5.75 Å². The monoisotopic (exact) mass is 560 g/mol. The molecule has 1 aromatic heterocycles. The first-order valence-electron chi connectivity index (χ1n) is 12.6. The van der Waals surface area contributed by atoms with Gasteiger partial charge in [-0.3, -0.25) is 14.4 Å². The minimum Gasteiger partial charge on any atom is -0.490 e. The Labute approximate surface area is 226 Å². The molecule has 13 heteroatoms. The maximum absolute atomic E-state index is 13.4. The molecule has 0 spiro atoms. The average molecular weight is 561 g/mol. The van der Waals surface area contributed by atoms with Crippen LogP contribution in [0.25, 0.3) is 0 Å². The zero-order valence-corrected chi connectivity index (χ0v) is 21.2. The molecule has 2 aromatic carbocycles. The molecule has 0 radical (unpaired) electrons. The number of benzene rings is 2. The smallest absolute Gasteiger partial charge is 0.437 e. The molecule has 1 heterocycles. The van der Waals surface area contributed by atoms with Gasteiger partial charge in [-0.25, -0.2) is 0 Å². The number of ether oxygens (including phenoxy) is 1. The highest BCUT2D eigenvalue weighted by Crippen LogP contribution is 2.34. The number of carboxylic acid groups (broad SMARTS) is 1. The van der Waals surface area contributed by atoms with Gasteiger partial charge in [0.15, 0.2) is 5.69 Å². The van der Waals surface area contributed by atoms with Crippen LogP contribution >= 0.6 is 0 Å². The van der Waals surface area contributed by atoms with E-state index < -0.39 is 41.4 Å². The third-order valence-electron chi connectivity index (χ3n) is 6.27. The molecule has 4 rings (SSSR count). The number of carbonyl (C=O) groups is 3. The summed E-state index contributed by atoms with van der Waals surface area (Å²) in [5.41, 5.74) is -0.723. The first kappa shape index (κ1) is 28.5. The van der Waals surface area contributed by atoms with Crippen molar-refractivity contribution in [3.05, 3.63) is 71.6 Å². The van der Waals surface area contributed by atoms with Gasteiger partial charge in [-0.2, -0.15) is 18.2 Å². The standard InChI is InChI=1S/C27H27F3N4O6/c28-27(29,30)22-21(40-26(34-22)33-18-4-2-1-3-5-18)24(36)32-15-14-31-23(35)16-6-10-19(11-7-16)39-20-12-8-17(9-13-20)25(37)38/h1-7,10-11,17,20H,8-9,12-15H2,(H,31,35)(H,32,36)(H,33,34)(H,37,38)/t17-,20+. The van der Waals surface area contributed by atoms with E-state index >= 15 is 0 Å². The van der Waals surface area contributed by atoms with Crippen LogP contribution in [-0.2, 0) is 11.0 Å². The molecule has 0 atom stereocenters. The fourth-order valence-corrected chi connectivity index (χ4v) is 4.20. The van der Waals surface area contributed by atoms with Crippen molar-refractivity contribution in [1.82, 2.24) is 15.6 Å². The van der Waals surface area contributed by atoms with Crippen molar-refractivity contribution in [1.29, 1.82) is 0 Å². The van der Waals surface area contributed by atoms with Crippen LogP contribution in [0.15, 0.2) is 59.0 Å². The minimum atomic E-state index is -4.92. The van der Waals surface area contributed by atoms with Gasteiger partial charge in [0.2, 0.25) is 5.76 Å². The topological polar surface area (TPSA) is 143 Å². The van der Waals surface area contributed by atoms with E-state index in [9.17, 15) is 27.6 Å². The average Bonchev–Trinajstić information content (AvgIpc) is 3.37. The zero-order valence-electron chi connectivity index (χ0n) is 21.2. The first-order valence-corrected chi connectivity index (χ1v) is 12.6. The molecule has 1 aliphatic carbocycles. The molecule has 0 unspecified atom stereocenters. The number of para-hydroxylation sites is 1. The van der Waals surface area contributed by atoms with Crippen molar-refractivity contribution in [2.75, 3.05) is 18.4 Å². The number of alkyl halides is 3. The Morgan fingerprint density at radius 1 is 0.925 bits per heavy atom. The highest BCUT2D eigenvalue weighted by atomic mass is 19.4. The number of anilines is 2. The van der Waals surface area contributed by atoms with E-state index in [2.05, 4.69) is 20.9 Å². The molecule has 0 aliphatic heterocycles. The third kappa shape index (κ3) is 7.52. The quantitative estimate of drug-likeness (QED) is 0.263. The summed E-state index contributed by atoms with van der Waals surface area (Å²) in [5, 5.41) is 16.5. The van der Waals surface area contributed by atoms with Gasteiger partial charge in [0.1, 0.15) is 5.75 Å². The number of aromatic nitrogens is 1. The molecular weight excluding hydrogens is 533 g/mol. The predicted octanol–water partition coefficient (Wildman–Crippen LogP) is 4.62. The van der Waals surface area contributed by atoms with Crippen molar-refractivity contribution >= 4 is 29.5 Å². The number of nitrogens with zero attached hydrogens (tertiary/aromatic N) is 1. The summed E-state index contributed by atoms with van der Waals surface area (Å²) in [5.74, 6) is -3.16. The molecule has 1 fully saturated rings. The van der Waals surface area contributed by atoms with Gasteiger partial charge < -0.3 is 30.2 Å². The van der Waals surface area contributed by atoms with Crippen LogP contribution in [0, 0.1) is 5.92 Å². The number of nitrogens with one attached hydrogen (secondary N) is 3. The summed E-state index contributed by atoms with van der Waals surface area (Å²) in [6.07, 6.45) is -2.64. The SMILES string of the molecule is O=C(NCCNC(=O)c1oc(Nc2ccccc2)nc1C(F)(F)F)c1ccc(O[C@H]2CC[C@@H](C(=O)O)CC2)cc1. The maximum atomic E-state index is 13.4. The maximum Gasteiger partial charge on any atom is 0.437 e. The van der Waals surface area contributed by atoms with Crippen LogP contribution in [0.2, 0.25) is 0 Å². The lowest BCUT2D eigenvalue weighted by Crippen LogP contribution is -2.35. The molecule has 1 saturated carbocycles. The fourth-order valence-electron chi connectivity index (χ4n) is 4.20. The van der Waals surface area contributed by atoms with Crippen LogP contribution in [0.3, 0.4) is 0 Å². The van der Waals surface area contributed by atoms with E-state index in [1.54, 1.807) is 54.6 Å². The van der Waals surface area contributed by atoms with E-state index in [1.165, 1.54) is 0 Å². The number of oxazole rings is 1. The highest BCUT2D eigenvalue weighted by Gasteiger charge is 2.41.